The Morgan fingerprint density at radius 3 is 3.00 bits per heavy atom. The van der Waals surface area contributed by atoms with Crippen LogP contribution in [-0.2, 0) is 4.79 Å². The molecule has 0 saturated carbocycles. The molecular weight excluding hydrogens is 260 g/mol. The molecule has 1 rings (SSSR count). The Kier molecular flexibility index (Phi) is 7.77. The summed E-state index contributed by atoms with van der Waals surface area (Å²) < 4.78 is 5.17. The van der Waals surface area contributed by atoms with E-state index in [0.717, 1.165) is 18.1 Å². The molecule has 0 fully saturated rings. The van der Waals surface area contributed by atoms with Crippen LogP contribution in [0.15, 0.2) is 36.9 Å². The Morgan fingerprint density at radius 2 is 2.26 bits per heavy atom. The topological polar surface area (TPSA) is 50.4 Å². The predicted octanol–water partition coefficient (Wildman–Crippen LogP) is 2.14. The first-order valence-electron chi connectivity index (χ1n) is 6.10. The number of nitrogens with one attached hydrogen (secondary N) is 2. The fourth-order valence-corrected chi connectivity index (χ4v) is 2.08. The van der Waals surface area contributed by atoms with Crippen LogP contribution in [0.3, 0.4) is 0 Å². The first-order valence-corrected chi connectivity index (χ1v) is 7.25. The summed E-state index contributed by atoms with van der Waals surface area (Å²) in [6, 6.07) is 7.35. The van der Waals surface area contributed by atoms with Gasteiger partial charge in [0.05, 0.1) is 19.3 Å². The van der Waals surface area contributed by atoms with Crippen LogP contribution in [0.25, 0.3) is 0 Å². The molecule has 1 aromatic rings. The number of carbonyl (C=O) groups is 1. The lowest BCUT2D eigenvalue weighted by atomic mass is 10.3. The Labute approximate surface area is 118 Å². The minimum absolute atomic E-state index is 0.0711. The van der Waals surface area contributed by atoms with Crippen LogP contribution in [0.5, 0.6) is 5.75 Å². The molecule has 5 heteroatoms. The second-order valence-electron chi connectivity index (χ2n) is 3.79. The van der Waals surface area contributed by atoms with Gasteiger partial charge in [-0.15, -0.1) is 6.58 Å². The van der Waals surface area contributed by atoms with E-state index in [-0.39, 0.29) is 5.91 Å². The third kappa shape index (κ3) is 6.31. The summed E-state index contributed by atoms with van der Waals surface area (Å²) in [6.07, 6.45) is 1.87. The van der Waals surface area contributed by atoms with Crippen LogP contribution in [-0.4, -0.2) is 37.6 Å². The molecule has 0 aliphatic heterocycles. The average molecular weight is 280 g/mol. The maximum atomic E-state index is 11.7. The van der Waals surface area contributed by atoms with Crippen LogP contribution in [0, 0.1) is 0 Å². The van der Waals surface area contributed by atoms with E-state index in [1.54, 1.807) is 18.9 Å². The van der Waals surface area contributed by atoms with Gasteiger partial charge in [-0.05, 0) is 12.1 Å². The average Bonchev–Trinajstić information content (AvgIpc) is 2.43. The van der Waals surface area contributed by atoms with E-state index in [0.29, 0.717) is 18.0 Å². The van der Waals surface area contributed by atoms with Crippen molar-refractivity contribution in [3.63, 3.8) is 0 Å². The van der Waals surface area contributed by atoms with Gasteiger partial charge in [-0.1, -0.05) is 18.2 Å². The third-order valence-corrected chi connectivity index (χ3v) is 3.29. The van der Waals surface area contributed by atoms with Gasteiger partial charge in [0.25, 0.3) is 0 Å². The van der Waals surface area contributed by atoms with Crippen LogP contribution in [0.2, 0.25) is 0 Å². The van der Waals surface area contributed by atoms with Gasteiger partial charge in [0.15, 0.2) is 0 Å². The van der Waals surface area contributed by atoms with Gasteiger partial charge >= 0.3 is 0 Å². The maximum absolute atomic E-state index is 11.7. The number of ether oxygens (including phenoxy) is 1. The molecule has 0 aliphatic rings. The molecule has 0 aromatic heterocycles. The van der Waals surface area contributed by atoms with E-state index in [2.05, 4.69) is 17.2 Å². The molecule has 0 spiro atoms. The highest BCUT2D eigenvalue weighted by Gasteiger charge is 2.05. The van der Waals surface area contributed by atoms with E-state index in [4.69, 9.17) is 4.74 Å². The summed E-state index contributed by atoms with van der Waals surface area (Å²) >= 11 is 1.78. The number of benzene rings is 1. The van der Waals surface area contributed by atoms with E-state index < -0.39 is 0 Å². The van der Waals surface area contributed by atoms with Gasteiger partial charge in [0, 0.05) is 18.1 Å². The minimum atomic E-state index is -0.0711. The summed E-state index contributed by atoms with van der Waals surface area (Å²) in [7, 11) is 1.58. The first-order chi connectivity index (χ1) is 9.27. The molecular formula is C14H20N2O2S. The largest absolute Gasteiger partial charge is 0.495 e. The van der Waals surface area contributed by atoms with Crippen molar-refractivity contribution in [3.8, 4) is 5.75 Å². The van der Waals surface area contributed by atoms with E-state index in [1.165, 1.54) is 0 Å². The summed E-state index contributed by atoms with van der Waals surface area (Å²) in [4.78, 5) is 11.7. The molecule has 2 N–H and O–H groups in total. The number of carbonyl (C=O) groups excluding carboxylic acids is 1. The fourth-order valence-electron chi connectivity index (χ4n) is 1.46. The highest BCUT2D eigenvalue weighted by Crippen LogP contribution is 2.22. The monoisotopic (exact) mass is 280 g/mol. The number of amides is 1. The lowest BCUT2D eigenvalue weighted by molar-refractivity contribution is -0.115. The van der Waals surface area contributed by atoms with Crippen LogP contribution >= 0.6 is 11.8 Å². The summed E-state index contributed by atoms with van der Waals surface area (Å²) in [5.74, 6) is 2.50. The molecule has 0 radical (unpaired) electrons. The van der Waals surface area contributed by atoms with Crippen molar-refractivity contribution in [1.82, 2.24) is 5.32 Å². The van der Waals surface area contributed by atoms with Gasteiger partial charge in [0.2, 0.25) is 5.91 Å². The van der Waals surface area contributed by atoms with Crippen LogP contribution in [0.1, 0.15) is 0 Å². The van der Waals surface area contributed by atoms with Gasteiger partial charge in [-0.3, -0.25) is 4.79 Å². The second-order valence-corrected chi connectivity index (χ2v) is 4.94. The zero-order valence-corrected chi connectivity index (χ0v) is 12.0. The number of rotatable bonds is 9. The van der Waals surface area contributed by atoms with Gasteiger partial charge in [-0.25, -0.2) is 0 Å². The molecule has 104 valence electrons. The zero-order valence-electron chi connectivity index (χ0n) is 11.1. The van der Waals surface area contributed by atoms with Crippen LogP contribution in [0.4, 0.5) is 5.69 Å². The van der Waals surface area contributed by atoms with Crippen molar-refractivity contribution in [2.45, 2.75) is 0 Å². The predicted molar refractivity (Wildman–Crippen MR) is 82.0 cm³/mol. The zero-order chi connectivity index (χ0) is 13.9. The number of hydrogen-bond donors (Lipinski definition) is 2. The summed E-state index contributed by atoms with van der Waals surface area (Å²) in [5.41, 5.74) is 0.692. The molecule has 19 heavy (non-hydrogen) atoms. The van der Waals surface area contributed by atoms with Crippen molar-refractivity contribution >= 4 is 23.4 Å². The number of thioether (sulfide) groups is 1. The number of hydrogen-bond acceptors (Lipinski definition) is 4. The second kappa shape index (κ2) is 9.47. The summed E-state index contributed by atoms with van der Waals surface area (Å²) in [6.45, 7) is 4.75. The molecule has 0 aliphatic carbocycles. The number of para-hydroxylation sites is 2. The molecule has 0 heterocycles. The van der Waals surface area contributed by atoms with Gasteiger partial charge in [0.1, 0.15) is 5.75 Å². The van der Waals surface area contributed by atoms with Crippen molar-refractivity contribution in [3.05, 3.63) is 36.9 Å². The molecule has 0 atom stereocenters. The van der Waals surface area contributed by atoms with E-state index in [1.807, 2.05) is 30.3 Å². The van der Waals surface area contributed by atoms with Crippen molar-refractivity contribution in [2.24, 2.45) is 0 Å². The molecule has 0 saturated heterocycles. The van der Waals surface area contributed by atoms with Gasteiger partial charge in [-0.2, -0.15) is 11.8 Å². The number of anilines is 1. The minimum Gasteiger partial charge on any atom is -0.495 e. The maximum Gasteiger partial charge on any atom is 0.238 e. The Bertz CT molecular complexity index is 410. The van der Waals surface area contributed by atoms with Crippen molar-refractivity contribution in [1.29, 1.82) is 0 Å². The first kappa shape index (κ1) is 15.6. The number of methoxy groups -OCH3 is 1. The quantitative estimate of drug-likeness (QED) is 0.537. The summed E-state index contributed by atoms with van der Waals surface area (Å²) in [5, 5.41) is 5.91. The fraction of sp³-hybridized carbons (Fsp3) is 0.357. The van der Waals surface area contributed by atoms with Crippen molar-refractivity contribution in [2.75, 3.05) is 37.0 Å². The van der Waals surface area contributed by atoms with E-state index >= 15 is 0 Å². The van der Waals surface area contributed by atoms with Gasteiger partial charge < -0.3 is 15.4 Å². The molecule has 0 unspecified atom stereocenters. The molecule has 4 nitrogen and oxygen atoms in total. The highest BCUT2D eigenvalue weighted by molar-refractivity contribution is 7.99. The lowest BCUT2D eigenvalue weighted by Crippen LogP contribution is -2.29. The molecule has 1 aromatic carbocycles. The van der Waals surface area contributed by atoms with E-state index in [9.17, 15) is 4.79 Å². The lowest BCUT2D eigenvalue weighted by Gasteiger charge is -2.10. The normalized spacial score (nSPS) is 9.95. The standard InChI is InChI=1S/C14H20N2O2S/c1-3-9-19-10-8-15-11-14(17)16-12-6-4-5-7-13(12)18-2/h3-7,15H,1,8-11H2,2H3,(H,16,17). The smallest absolute Gasteiger partial charge is 0.238 e. The molecule has 1 amide bonds. The third-order valence-electron chi connectivity index (χ3n) is 2.33. The molecule has 0 bridgehead atoms. The Balaban J connectivity index is 2.25. The highest BCUT2D eigenvalue weighted by atomic mass is 32.2. The van der Waals surface area contributed by atoms with Crippen LogP contribution < -0.4 is 15.4 Å². The van der Waals surface area contributed by atoms with Crippen molar-refractivity contribution < 1.29 is 9.53 Å². The Hall–Kier alpha value is -1.46. The SMILES string of the molecule is C=CCSCCNCC(=O)Nc1ccccc1OC. The Morgan fingerprint density at radius 1 is 1.47 bits per heavy atom.